The lowest BCUT2D eigenvalue weighted by Gasteiger charge is -2.09. The van der Waals surface area contributed by atoms with E-state index in [-0.39, 0.29) is 11.3 Å². The van der Waals surface area contributed by atoms with Crippen LogP contribution in [-0.4, -0.2) is 29.3 Å². The molecule has 2 aromatic carbocycles. The maximum atomic E-state index is 13.4. The normalized spacial score (nSPS) is 10.0. The number of benzene rings is 2. The van der Waals surface area contributed by atoms with Crippen LogP contribution in [0.2, 0.25) is 0 Å². The van der Waals surface area contributed by atoms with Gasteiger partial charge in [-0.1, -0.05) is 12.1 Å². The first-order chi connectivity index (χ1) is 12.8. The molecular formula is C16H11F2N3O6. The second-order valence-electron chi connectivity index (χ2n) is 4.98. The number of carbonyl (C=O) groups excluding carboxylic acids is 3. The van der Waals surface area contributed by atoms with Gasteiger partial charge in [-0.3, -0.25) is 30.6 Å². The zero-order chi connectivity index (χ0) is 20.0. The molecule has 2 N–H and O–H groups in total. The molecule has 11 heteroatoms. The predicted molar refractivity (Wildman–Crippen MR) is 85.3 cm³/mol. The molecule has 2 amide bonds. The summed E-state index contributed by atoms with van der Waals surface area (Å²) in [7, 11) is 0. The number of nitro groups is 1. The predicted octanol–water partition coefficient (Wildman–Crippen LogP) is 1.49. The summed E-state index contributed by atoms with van der Waals surface area (Å²) in [4.78, 5) is 45.0. The first-order valence-corrected chi connectivity index (χ1v) is 7.24. The van der Waals surface area contributed by atoms with Crippen LogP contribution in [0.1, 0.15) is 20.7 Å². The quantitative estimate of drug-likeness (QED) is 0.460. The van der Waals surface area contributed by atoms with Crippen molar-refractivity contribution in [3.05, 3.63) is 75.3 Å². The van der Waals surface area contributed by atoms with Crippen LogP contribution >= 0.6 is 0 Å². The average Bonchev–Trinajstić information content (AvgIpc) is 2.64. The summed E-state index contributed by atoms with van der Waals surface area (Å²) in [5, 5.41) is 10.7. The lowest BCUT2D eigenvalue weighted by Crippen LogP contribution is -2.43. The number of hydrogen-bond donors (Lipinski definition) is 2. The Kier molecular flexibility index (Phi) is 6.10. The zero-order valence-corrected chi connectivity index (χ0v) is 13.4. The number of rotatable bonds is 5. The molecule has 0 spiro atoms. The van der Waals surface area contributed by atoms with Gasteiger partial charge in [-0.2, -0.15) is 0 Å². The van der Waals surface area contributed by atoms with E-state index in [1.54, 1.807) is 0 Å². The molecule has 0 saturated carbocycles. The van der Waals surface area contributed by atoms with Gasteiger partial charge in [0.15, 0.2) is 6.61 Å². The van der Waals surface area contributed by atoms with Gasteiger partial charge < -0.3 is 4.74 Å². The van der Waals surface area contributed by atoms with Crippen molar-refractivity contribution in [1.82, 2.24) is 10.9 Å². The van der Waals surface area contributed by atoms with Crippen LogP contribution in [0.3, 0.4) is 0 Å². The number of nitrogens with zero attached hydrogens (tertiary/aromatic N) is 1. The fourth-order valence-electron chi connectivity index (χ4n) is 1.89. The summed E-state index contributed by atoms with van der Waals surface area (Å²) < 4.78 is 31.3. The SMILES string of the molecule is O=C(COC(=O)c1c(F)cccc1F)NNC(=O)c1cccc([N+](=O)[O-])c1. The van der Waals surface area contributed by atoms with Crippen molar-refractivity contribution in [2.75, 3.05) is 6.61 Å². The maximum absolute atomic E-state index is 13.4. The third kappa shape index (κ3) is 5.04. The van der Waals surface area contributed by atoms with Crippen LogP contribution in [0.25, 0.3) is 0 Å². The van der Waals surface area contributed by atoms with E-state index < -0.39 is 46.5 Å². The Morgan fingerprint density at radius 2 is 1.67 bits per heavy atom. The molecule has 27 heavy (non-hydrogen) atoms. The monoisotopic (exact) mass is 379 g/mol. The molecule has 9 nitrogen and oxygen atoms in total. The summed E-state index contributed by atoms with van der Waals surface area (Å²) in [5.74, 6) is -5.57. The van der Waals surface area contributed by atoms with Crippen LogP contribution in [0.5, 0.6) is 0 Å². The van der Waals surface area contributed by atoms with Crippen LogP contribution in [0.15, 0.2) is 42.5 Å². The first-order valence-electron chi connectivity index (χ1n) is 7.24. The van der Waals surface area contributed by atoms with E-state index >= 15 is 0 Å². The second-order valence-corrected chi connectivity index (χ2v) is 4.98. The molecule has 2 rings (SSSR count). The van der Waals surface area contributed by atoms with Crippen molar-refractivity contribution in [2.24, 2.45) is 0 Å². The summed E-state index contributed by atoms with van der Waals surface area (Å²) >= 11 is 0. The molecule has 0 saturated heterocycles. The molecule has 0 aliphatic carbocycles. The smallest absolute Gasteiger partial charge is 0.344 e. The van der Waals surface area contributed by atoms with Crippen molar-refractivity contribution < 1.29 is 32.8 Å². The molecular weight excluding hydrogens is 368 g/mol. The van der Waals surface area contributed by atoms with Crippen molar-refractivity contribution in [2.45, 2.75) is 0 Å². The lowest BCUT2D eigenvalue weighted by atomic mass is 10.2. The summed E-state index contributed by atoms with van der Waals surface area (Å²) in [6.45, 7) is -0.929. The fourth-order valence-corrected chi connectivity index (χ4v) is 1.89. The molecule has 0 bridgehead atoms. The van der Waals surface area contributed by atoms with E-state index in [9.17, 15) is 33.3 Å². The number of non-ortho nitro benzene ring substituents is 1. The number of hydrogen-bond acceptors (Lipinski definition) is 6. The van der Waals surface area contributed by atoms with Gasteiger partial charge >= 0.3 is 5.97 Å². The highest BCUT2D eigenvalue weighted by molar-refractivity contribution is 5.96. The van der Waals surface area contributed by atoms with Gasteiger partial charge in [0.25, 0.3) is 17.5 Å². The number of nitro benzene ring substituents is 1. The van der Waals surface area contributed by atoms with Gasteiger partial charge in [0.2, 0.25) is 0 Å². The highest BCUT2D eigenvalue weighted by Gasteiger charge is 2.19. The van der Waals surface area contributed by atoms with Crippen LogP contribution in [0.4, 0.5) is 14.5 Å². The molecule has 0 aliphatic heterocycles. The summed E-state index contributed by atoms with van der Waals surface area (Å²) in [6.07, 6.45) is 0. The number of carbonyl (C=O) groups is 3. The standard InChI is InChI=1S/C16H11F2N3O6/c17-11-5-2-6-12(18)14(11)16(24)27-8-13(22)19-20-15(23)9-3-1-4-10(7-9)21(25)26/h1-7H,8H2,(H,19,22)(H,20,23). The van der Waals surface area contributed by atoms with Crippen molar-refractivity contribution in [3.8, 4) is 0 Å². The van der Waals surface area contributed by atoms with Gasteiger partial charge in [0.05, 0.1) is 4.92 Å². The van der Waals surface area contributed by atoms with Gasteiger partial charge in [-0.15, -0.1) is 0 Å². The van der Waals surface area contributed by atoms with Crippen molar-refractivity contribution in [1.29, 1.82) is 0 Å². The molecule has 0 atom stereocenters. The van der Waals surface area contributed by atoms with Gasteiger partial charge in [-0.25, -0.2) is 13.6 Å². The van der Waals surface area contributed by atoms with Crippen LogP contribution in [0, 0.1) is 21.7 Å². The topological polar surface area (TPSA) is 128 Å². The Balaban J connectivity index is 1.87. The Bertz CT molecular complexity index is 899. The molecule has 0 heterocycles. The maximum Gasteiger partial charge on any atom is 0.344 e. The van der Waals surface area contributed by atoms with Crippen LogP contribution < -0.4 is 10.9 Å². The number of esters is 1. The highest BCUT2D eigenvalue weighted by atomic mass is 19.1. The Labute approximate surface area is 150 Å². The average molecular weight is 379 g/mol. The number of hydrazine groups is 1. The largest absolute Gasteiger partial charge is 0.452 e. The minimum atomic E-state index is -1.40. The van der Waals surface area contributed by atoms with Crippen LogP contribution in [-0.2, 0) is 9.53 Å². The first kappa shape index (κ1) is 19.4. The van der Waals surface area contributed by atoms with Crippen molar-refractivity contribution >= 4 is 23.5 Å². The van der Waals surface area contributed by atoms with Gasteiger partial charge in [0.1, 0.15) is 17.2 Å². The molecule has 0 unspecified atom stereocenters. The Hall–Kier alpha value is -3.89. The van der Waals surface area contributed by atoms with Gasteiger partial charge in [-0.05, 0) is 18.2 Å². The van der Waals surface area contributed by atoms with Crippen molar-refractivity contribution in [3.63, 3.8) is 0 Å². The highest BCUT2D eigenvalue weighted by Crippen LogP contribution is 2.13. The number of amides is 2. The van der Waals surface area contributed by atoms with E-state index in [2.05, 4.69) is 4.74 Å². The fraction of sp³-hybridized carbons (Fsp3) is 0.0625. The van der Waals surface area contributed by atoms with Gasteiger partial charge in [0, 0.05) is 17.7 Å². The number of nitrogens with one attached hydrogen (secondary N) is 2. The molecule has 0 fully saturated rings. The number of ether oxygens (including phenoxy) is 1. The minimum absolute atomic E-state index is 0.102. The van der Waals surface area contributed by atoms with E-state index in [1.165, 1.54) is 18.2 Å². The molecule has 0 radical (unpaired) electrons. The van der Waals surface area contributed by atoms with E-state index in [4.69, 9.17) is 0 Å². The molecule has 0 aliphatic rings. The minimum Gasteiger partial charge on any atom is -0.452 e. The van der Waals surface area contributed by atoms with E-state index in [1.807, 2.05) is 10.9 Å². The second kappa shape index (κ2) is 8.47. The summed E-state index contributed by atoms with van der Waals surface area (Å²) in [5.41, 5.74) is 2.46. The third-order valence-corrected chi connectivity index (χ3v) is 3.14. The molecule has 0 aromatic heterocycles. The van der Waals surface area contributed by atoms with E-state index in [0.29, 0.717) is 0 Å². The van der Waals surface area contributed by atoms with E-state index in [0.717, 1.165) is 24.3 Å². The zero-order valence-electron chi connectivity index (χ0n) is 13.4. The Morgan fingerprint density at radius 1 is 1.04 bits per heavy atom. The molecule has 140 valence electrons. The lowest BCUT2D eigenvalue weighted by molar-refractivity contribution is -0.384. The Morgan fingerprint density at radius 3 is 2.30 bits per heavy atom. The third-order valence-electron chi connectivity index (χ3n) is 3.14. The number of halogens is 2. The molecule has 2 aromatic rings. The summed E-state index contributed by atoms with van der Waals surface area (Å²) in [6, 6.07) is 7.46.